The van der Waals surface area contributed by atoms with Gasteiger partial charge in [0.15, 0.2) is 5.78 Å². The summed E-state index contributed by atoms with van der Waals surface area (Å²) in [6.45, 7) is 6.97. The molecule has 0 radical (unpaired) electrons. The van der Waals surface area contributed by atoms with Crippen LogP contribution in [0.5, 0.6) is 0 Å². The van der Waals surface area contributed by atoms with Crippen molar-refractivity contribution in [1.29, 1.82) is 0 Å². The van der Waals surface area contributed by atoms with Gasteiger partial charge in [0.2, 0.25) is 21.8 Å². The number of Topliss-reactive ketones (excluding diaryl/α,β-unsaturated/α-hetero) is 1. The molecule has 0 saturated carbocycles. The summed E-state index contributed by atoms with van der Waals surface area (Å²) in [5, 5.41) is 11.0. The van der Waals surface area contributed by atoms with Crippen molar-refractivity contribution in [2.24, 2.45) is 0 Å². The maximum atomic E-state index is 12.5. The summed E-state index contributed by atoms with van der Waals surface area (Å²) in [6, 6.07) is 6.96. The highest BCUT2D eigenvalue weighted by molar-refractivity contribution is 7.90. The summed E-state index contributed by atoms with van der Waals surface area (Å²) in [4.78, 5) is 48.3. The molecule has 5 N–H and O–H groups in total. The van der Waals surface area contributed by atoms with Gasteiger partial charge in [0.05, 0.1) is 31.4 Å². The van der Waals surface area contributed by atoms with Crippen molar-refractivity contribution in [3.05, 3.63) is 35.4 Å². The zero-order valence-electron chi connectivity index (χ0n) is 22.8. The highest BCUT2D eigenvalue weighted by Gasteiger charge is 2.22. The number of ether oxygens (including phenoxy) is 1. The second-order valence-corrected chi connectivity index (χ2v) is 11.7. The maximum Gasteiger partial charge on any atom is 0.320 e. The summed E-state index contributed by atoms with van der Waals surface area (Å²) in [6.07, 6.45) is 0.0418. The quantitative estimate of drug-likeness (QED) is 0.158. The van der Waals surface area contributed by atoms with E-state index in [2.05, 4.69) is 21.3 Å². The van der Waals surface area contributed by atoms with Crippen LogP contribution in [-0.4, -0.2) is 82.6 Å². The summed E-state index contributed by atoms with van der Waals surface area (Å²) >= 11 is 0. The predicted molar refractivity (Wildman–Crippen MR) is 144 cm³/mol. The molecule has 0 saturated heterocycles. The van der Waals surface area contributed by atoms with E-state index in [-0.39, 0.29) is 44.2 Å². The van der Waals surface area contributed by atoms with E-state index in [1.807, 2.05) is 35.9 Å². The van der Waals surface area contributed by atoms with Crippen LogP contribution < -0.4 is 26.0 Å². The smallest absolute Gasteiger partial charge is 0.320 e. The van der Waals surface area contributed by atoms with Crippen LogP contribution in [0.1, 0.15) is 44.7 Å². The van der Waals surface area contributed by atoms with Gasteiger partial charge in [0, 0.05) is 19.5 Å². The minimum Gasteiger partial charge on any atom is -0.459 e. The number of rotatable bonds is 17. The van der Waals surface area contributed by atoms with Gasteiger partial charge in [-0.25, -0.2) is 8.42 Å². The van der Waals surface area contributed by atoms with Crippen molar-refractivity contribution in [3.63, 3.8) is 0 Å². The molecule has 0 spiro atoms. The SMILES string of the molecule is CNCC(NCC(=O)OC(C)(C)C)C(=O)CNCC(=O)NS(=O)(=O)CCCC(=O)NCc1ccc(C)cc1. The van der Waals surface area contributed by atoms with E-state index in [4.69, 9.17) is 4.74 Å². The summed E-state index contributed by atoms with van der Waals surface area (Å²) in [7, 11) is -2.29. The van der Waals surface area contributed by atoms with Crippen LogP contribution >= 0.6 is 0 Å². The molecule has 0 aromatic heterocycles. The van der Waals surface area contributed by atoms with Gasteiger partial charge in [-0.15, -0.1) is 0 Å². The Morgan fingerprint density at radius 2 is 1.63 bits per heavy atom. The molecule has 13 heteroatoms. The third-order valence-electron chi connectivity index (χ3n) is 4.99. The molecule has 1 aromatic carbocycles. The lowest BCUT2D eigenvalue weighted by Gasteiger charge is -2.21. The Hall–Kier alpha value is -2.87. The number of benzene rings is 1. The van der Waals surface area contributed by atoms with Gasteiger partial charge in [0.1, 0.15) is 5.60 Å². The Morgan fingerprint density at radius 3 is 2.24 bits per heavy atom. The molecule has 0 aliphatic rings. The first kappa shape index (κ1) is 33.2. The number of hydrogen-bond donors (Lipinski definition) is 5. The summed E-state index contributed by atoms with van der Waals surface area (Å²) in [5.41, 5.74) is 1.40. The zero-order chi connectivity index (χ0) is 28.8. The molecule has 1 rings (SSSR count). The molecular formula is C25H41N5O7S. The number of aryl methyl sites for hydroxylation is 1. The highest BCUT2D eigenvalue weighted by Crippen LogP contribution is 2.06. The van der Waals surface area contributed by atoms with Crippen LogP contribution in [0.2, 0.25) is 0 Å². The molecule has 1 unspecified atom stereocenters. The standard InChI is InChI=1S/C25H41N5O7S/c1-18-8-10-19(11-9-18)13-29-22(32)7-6-12-38(35,36)30-23(33)16-27-15-21(31)20(14-26-5)28-17-24(34)37-25(2,3)4/h8-11,20,26-28H,6-7,12-17H2,1-5H3,(H,29,32)(H,30,33). The van der Waals surface area contributed by atoms with Crippen molar-refractivity contribution < 1.29 is 32.3 Å². The number of carbonyl (C=O) groups is 4. The molecule has 2 amide bonds. The molecule has 12 nitrogen and oxygen atoms in total. The molecular weight excluding hydrogens is 514 g/mol. The number of likely N-dealkylation sites (N-methyl/N-ethyl adjacent to an activating group) is 1. The van der Waals surface area contributed by atoms with Crippen LogP contribution in [0, 0.1) is 6.92 Å². The van der Waals surface area contributed by atoms with Crippen LogP contribution in [0.4, 0.5) is 0 Å². The molecule has 0 bridgehead atoms. The van der Waals surface area contributed by atoms with Gasteiger partial charge in [0.25, 0.3) is 0 Å². The van der Waals surface area contributed by atoms with Crippen LogP contribution in [0.25, 0.3) is 0 Å². The fourth-order valence-corrected chi connectivity index (χ4v) is 4.23. The van der Waals surface area contributed by atoms with Crippen molar-refractivity contribution in [1.82, 2.24) is 26.0 Å². The van der Waals surface area contributed by atoms with E-state index >= 15 is 0 Å². The van der Waals surface area contributed by atoms with Crippen molar-refractivity contribution >= 4 is 33.6 Å². The minimum absolute atomic E-state index is 0.00311. The Balaban J connectivity index is 2.33. The number of amides is 2. The van der Waals surface area contributed by atoms with Gasteiger partial charge in [-0.3, -0.25) is 29.2 Å². The van der Waals surface area contributed by atoms with Crippen molar-refractivity contribution in [3.8, 4) is 0 Å². The molecule has 0 fully saturated rings. The highest BCUT2D eigenvalue weighted by atomic mass is 32.2. The van der Waals surface area contributed by atoms with Gasteiger partial charge in [-0.1, -0.05) is 29.8 Å². The molecule has 0 heterocycles. The third-order valence-corrected chi connectivity index (χ3v) is 6.36. The van der Waals surface area contributed by atoms with E-state index < -0.39 is 45.8 Å². The minimum atomic E-state index is -3.94. The van der Waals surface area contributed by atoms with Crippen LogP contribution in [0.3, 0.4) is 0 Å². The lowest BCUT2D eigenvalue weighted by Crippen LogP contribution is -2.50. The summed E-state index contributed by atoms with van der Waals surface area (Å²) < 4.78 is 31.4. The van der Waals surface area contributed by atoms with Crippen LogP contribution in [0.15, 0.2) is 24.3 Å². The second-order valence-electron chi connectivity index (χ2n) is 9.86. The molecule has 214 valence electrons. The van der Waals surface area contributed by atoms with E-state index in [9.17, 15) is 27.6 Å². The molecule has 0 aliphatic heterocycles. The molecule has 1 aromatic rings. The average Bonchev–Trinajstić information content (AvgIpc) is 2.79. The fourth-order valence-electron chi connectivity index (χ4n) is 3.19. The number of nitrogens with one attached hydrogen (secondary N) is 5. The maximum absolute atomic E-state index is 12.5. The van der Waals surface area contributed by atoms with E-state index in [1.54, 1.807) is 27.8 Å². The fraction of sp³-hybridized carbons (Fsp3) is 0.600. The van der Waals surface area contributed by atoms with Crippen molar-refractivity contribution in [2.45, 2.75) is 58.7 Å². The predicted octanol–water partition coefficient (Wildman–Crippen LogP) is -0.485. The largest absolute Gasteiger partial charge is 0.459 e. The number of esters is 1. The number of sulfonamides is 1. The third kappa shape index (κ3) is 15.4. The lowest BCUT2D eigenvalue weighted by molar-refractivity contribution is -0.153. The number of carbonyl (C=O) groups excluding carboxylic acids is 4. The zero-order valence-corrected chi connectivity index (χ0v) is 23.6. The first-order valence-electron chi connectivity index (χ1n) is 12.4. The van der Waals surface area contributed by atoms with E-state index in [0.717, 1.165) is 11.1 Å². The second kappa shape index (κ2) is 16.2. The van der Waals surface area contributed by atoms with Gasteiger partial charge >= 0.3 is 5.97 Å². The van der Waals surface area contributed by atoms with Gasteiger partial charge in [-0.2, -0.15) is 0 Å². The number of hydrogen-bond acceptors (Lipinski definition) is 10. The Morgan fingerprint density at radius 1 is 0.974 bits per heavy atom. The van der Waals surface area contributed by atoms with Gasteiger partial charge < -0.3 is 20.7 Å². The number of ketones is 1. The normalized spacial score (nSPS) is 12.4. The average molecular weight is 556 g/mol. The molecule has 0 aliphatic carbocycles. The Bertz CT molecular complexity index is 1040. The molecule has 38 heavy (non-hydrogen) atoms. The van der Waals surface area contributed by atoms with Crippen molar-refractivity contribution in [2.75, 3.05) is 39.0 Å². The topological polar surface area (TPSA) is 172 Å². The summed E-state index contributed by atoms with van der Waals surface area (Å²) in [5.74, 6) is -2.34. The van der Waals surface area contributed by atoms with E-state index in [1.165, 1.54) is 0 Å². The Labute approximate surface area is 225 Å². The van der Waals surface area contributed by atoms with Gasteiger partial charge in [-0.05, 0) is 46.7 Å². The lowest BCUT2D eigenvalue weighted by atomic mass is 10.1. The first-order chi connectivity index (χ1) is 17.7. The van der Waals surface area contributed by atoms with Crippen LogP contribution in [-0.2, 0) is 40.5 Å². The first-order valence-corrected chi connectivity index (χ1v) is 14.0. The monoisotopic (exact) mass is 555 g/mol. The van der Waals surface area contributed by atoms with E-state index in [0.29, 0.717) is 6.54 Å². The Kier molecular flexibility index (Phi) is 14.1. The molecule has 1 atom stereocenters.